The van der Waals surface area contributed by atoms with Crippen LogP contribution in [0, 0.1) is 0 Å². The molecule has 0 aliphatic rings. The SMILES string of the molecule is CC(C)(C)c1ccc2oc(Cc3ccccc3C(F)(F)F)nc2c1. The average molecular weight is 333 g/mol. The Kier molecular flexibility index (Phi) is 3.90. The molecule has 0 saturated carbocycles. The second-order valence-electron chi connectivity index (χ2n) is 6.87. The zero-order chi connectivity index (χ0) is 17.5. The third-order valence-electron chi connectivity index (χ3n) is 3.96. The fourth-order valence-corrected chi connectivity index (χ4v) is 2.63. The lowest BCUT2D eigenvalue weighted by molar-refractivity contribution is -0.138. The number of hydrogen-bond acceptors (Lipinski definition) is 2. The molecule has 3 rings (SSSR count). The topological polar surface area (TPSA) is 26.0 Å². The summed E-state index contributed by atoms with van der Waals surface area (Å²) in [6.07, 6.45) is -4.38. The number of oxazole rings is 1. The van der Waals surface area contributed by atoms with Gasteiger partial charge in [0.05, 0.1) is 5.56 Å². The molecule has 0 unspecified atom stereocenters. The van der Waals surface area contributed by atoms with Crippen LogP contribution >= 0.6 is 0 Å². The zero-order valence-electron chi connectivity index (χ0n) is 13.7. The summed E-state index contributed by atoms with van der Waals surface area (Å²) >= 11 is 0. The molecule has 0 aliphatic carbocycles. The van der Waals surface area contributed by atoms with Gasteiger partial charge in [0.1, 0.15) is 5.52 Å². The summed E-state index contributed by atoms with van der Waals surface area (Å²) in [4.78, 5) is 4.37. The Labute approximate surface area is 138 Å². The van der Waals surface area contributed by atoms with Gasteiger partial charge < -0.3 is 4.42 Å². The van der Waals surface area contributed by atoms with Crippen LogP contribution in [0.5, 0.6) is 0 Å². The Morgan fingerprint density at radius 3 is 2.38 bits per heavy atom. The molecule has 0 radical (unpaired) electrons. The first-order chi connectivity index (χ1) is 11.1. The first-order valence-electron chi connectivity index (χ1n) is 7.69. The highest BCUT2D eigenvalue weighted by atomic mass is 19.4. The second kappa shape index (κ2) is 5.65. The van der Waals surface area contributed by atoms with E-state index in [1.54, 1.807) is 6.07 Å². The molecular weight excluding hydrogens is 315 g/mol. The number of aromatic nitrogens is 1. The minimum Gasteiger partial charge on any atom is -0.440 e. The number of hydrogen-bond donors (Lipinski definition) is 0. The maximum Gasteiger partial charge on any atom is 0.416 e. The van der Waals surface area contributed by atoms with Crippen molar-refractivity contribution in [2.45, 2.75) is 38.8 Å². The average Bonchev–Trinajstić information content (AvgIpc) is 2.87. The Bertz CT molecular complexity index is 872. The van der Waals surface area contributed by atoms with Crippen LogP contribution in [0.1, 0.15) is 43.4 Å². The predicted molar refractivity (Wildman–Crippen MR) is 87.0 cm³/mol. The molecule has 0 amide bonds. The van der Waals surface area contributed by atoms with Gasteiger partial charge in [-0.3, -0.25) is 0 Å². The lowest BCUT2D eigenvalue weighted by Crippen LogP contribution is -2.10. The molecule has 0 N–H and O–H groups in total. The lowest BCUT2D eigenvalue weighted by Gasteiger charge is -2.18. The molecule has 0 spiro atoms. The van der Waals surface area contributed by atoms with Gasteiger partial charge in [-0.2, -0.15) is 13.2 Å². The van der Waals surface area contributed by atoms with Crippen LogP contribution in [0.25, 0.3) is 11.1 Å². The number of halogens is 3. The molecule has 5 heteroatoms. The van der Waals surface area contributed by atoms with E-state index in [4.69, 9.17) is 4.42 Å². The summed E-state index contributed by atoms with van der Waals surface area (Å²) in [6.45, 7) is 6.28. The van der Waals surface area contributed by atoms with Crippen LogP contribution in [-0.2, 0) is 18.0 Å². The van der Waals surface area contributed by atoms with E-state index in [1.807, 2.05) is 18.2 Å². The molecule has 0 aliphatic heterocycles. The molecule has 2 aromatic carbocycles. The molecule has 24 heavy (non-hydrogen) atoms. The molecule has 2 nitrogen and oxygen atoms in total. The van der Waals surface area contributed by atoms with E-state index in [0.29, 0.717) is 11.1 Å². The first-order valence-corrected chi connectivity index (χ1v) is 7.69. The number of rotatable bonds is 2. The summed E-state index contributed by atoms with van der Waals surface area (Å²) in [6, 6.07) is 11.2. The van der Waals surface area contributed by atoms with Crippen molar-refractivity contribution in [1.29, 1.82) is 0 Å². The molecule has 0 fully saturated rings. The highest BCUT2D eigenvalue weighted by molar-refractivity contribution is 5.73. The van der Waals surface area contributed by atoms with Crippen LogP contribution in [0.15, 0.2) is 46.9 Å². The van der Waals surface area contributed by atoms with E-state index in [2.05, 4.69) is 25.8 Å². The van der Waals surface area contributed by atoms with Crippen LogP contribution < -0.4 is 0 Å². The van der Waals surface area contributed by atoms with Crippen LogP contribution in [0.4, 0.5) is 13.2 Å². The van der Waals surface area contributed by atoms with Crippen molar-refractivity contribution in [2.75, 3.05) is 0 Å². The number of benzene rings is 2. The fourth-order valence-electron chi connectivity index (χ4n) is 2.63. The van der Waals surface area contributed by atoms with Gasteiger partial charge in [-0.05, 0) is 34.7 Å². The number of nitrogens with zero attached hydrogens (tertiary/aromatic N) is 1. The third-order valence-corrected chi connectivity index (χ3v) is 3.96. The highest BCUT2D eigenvalue weighted by Crippen LogP contribution is 2.33. The first kappa shape index (κ1) is 16.6. The van der Waals surface area contributed by atoms with Gasteiger partial charge in [0.25, 0.3) is 0 Å². The van der Waals surface area contributed by atoms with Gasteiger partial charge in [0, 0.05) is 6.42 Å². The van der Waals surface area contributed by atoms with E-state index in [9.17, 15) is 13.2 Å². The summed E-state index contributed by atoms with van der Waals surface area (Å²) < 4.78 is 44.9. The molecule has 1 aromatic heterocycles. The lowest BCUT2D eigenvalue weighted by atomic mass is 9.87. The molecule has 3 aromatic rings. The van der Waals surface area contributed by atoms with Crippen molar-refractivity contribution in [2.24, 2.45) is 0 Å². The monoisotopic (exact) mass is 333 g/mol. The van der Waals surface area contributed by atoms with Crippen LogP contribution in [-0.4, -0.2) is 4.98 Å². The van der Waals surface area contributed by atoms with Gasteiger partial charge in [-0.25, -0.2) is 4.98 Å². The maximum atomic E-state index is 13.1. The zero-order valence-corrected chi connectivity index (χ0v) is 13.7. The van der Waals surface area contributed by atoms with E-state index >= 15 is 0 Å². The molecule has 0 saturated heterocycles. The molecule has 0 bridgehead atoms. The summed E-state index contributed by atoms with van der Waals surface area (Å²) in [7, 11) is 0. The van der Waals surface area contributed by atoms with Gasteiger partial charge in [-0.1, -0.05) is 45.0 Å². The number of fused-ring (bicyclic) bond motifs is 1. The molecule has 126 valence electrons. The highest BCUT2D eigenvalue weighted by Gasteiger charge is 2.33. The summed E-state index contributed by atoms with van der Waals surface area (Å²) in [5.41, 5.74) is 1.83. The molecular formula is C19H18F3NO. The van der Waals surface area contributed by atoms with Crippen molar-refractivity contribution >= 4 is 11.1 Å². The van der Waals surface area contributed by atoms with E-state index < -0.39 is 11.7 Å². The summed E-state index contributed by atoms with van der Waals surface area (Å²) in [5, 5.41) is 0. The van der Waals surface area contributed by atoms with Gasteiger partial charge in [0.2, 0.25) is 0 Å². The van der Waals surface area contributed by atoms with Gasteiger partial charge >= 0.3 is 6.18 Å². The van der Waals surface area contributed by atoms with E-state index in [1.165, 1.54) is 12.1 Å². The van der Waals surface area contributed by atoms with Crippen molar-refractivity contribution in [1.82, 2.24) is 4.98 Å². The van der Waals surface area contributed by atoms with E-state index in [0.717, 1.165) is 11.6 Å². The minimum absolute atomic E-state index is 0.00914. The van der Waals surface area contributed by atoms with Crippen molar-refractivity contribution in [3.05, 3.63) is 65.0 Å². The van der Waals surface area contributed by atoms with Gasteiger partial charge in [0.15, 0.2) is 11.5 Å². The summed E-state index contributed by atoms with van der Waals surface area (Å²) in [5.74, 6) is 0.285. The van der Waals surface area contributed by atoms with Crippen molar-refractivity contribution in [3.8, 4) is 0 Å². The molecule has 0 atom stereocenters. The van der Waals surface area contributed by atoms with E-state index in [-0.39, 0.29) is 23.3 Å². The van der Waals surface area contributed by atoms with Crippen LogP contribution in [0.2, 0.25) is 0 Å². The smallest absolute Gasteiger partial charge is 0.416 e. The predicted octanol–water partition coefficient (Wildman–Crippen LogP) is 5.73. The standard InChI is InChI=1S/C19H18F3NO/c1-18(2,3)13-8-9-16-15(11-13)23-17(24-16)10-12-6-4-5-7-14(12)19(20,21)22/h4-9,11H,10H2,1-3H3. The minimum atomic E-state index is -4.39. The Morgan fingerprint density at radius 1 is 1.00 bits per heavy atom. The van der Waals surface area contributed by atoms with Gasteiger partial charge in [-0.15, -0.1) is 0 Å². The quantitative estimate of drug-likeness (QED) is 0.598. The van der Waals surface area contributed by atoms with Crippen molar-refractivity contribution in [3.63, 3.8) is 0 Å². The number of alkyl halides is 3. The van der Waals surface area contributed by atoms with Crippen LogP contribution in [0.3, 0.4) is 0 Å². The Balaban J connectivity index is 1.97. The Hall–Kier alpha value is -2.30. The molecule has 1 heterocycles. The normalized spacial score (nSPS) is 12.8. The Morgan fingerprint density at radius 2 is 1.71 bits per heavy atom. The third kappa shape index (κ3) is 3.30. The fraction of sp³-hybridized carbons (Fsp3) is 0.316. The maximum absolute atomic E-state index is 13.1. The second-order valence-corrected chi connectivity index (χ2v) is 6.87. The largest absolute Gasteiger partial charge is 0.440 e. The van der Waals surface area contributed by atoms with Crippen molar-refractivity contribution < 1.29 is 17.6 Å².